The van der Waals surface area contributed by atoms with Crippen molar-refractivity contribution in [3.8, 4) is 0 Å². The van der Waals surface area contributed by atoms with Gasteiger partial charge in [0.05, 0.1) is 0 Å². The molecule has 1 aromatic carbocycles. The lowest BCUT2D eigenvalue weighted by molar-refractivity contribution is 0.734. The smallest absolute Gasteiger partial charge is 0.0459 e. The fraction of sp³-hybridized carbons (Fsp3) is 0.312. The molecule has 0 aliphatic heterocycles. The predicted octanol–water partition coefficient (Wildman–Crippen LogP) is 3.26. The molecule has 0 fully saturated rings. The third-order valence-electron chi connectivity index (χ3n) is 3.20. The van der Waals surface area contributed by atoms with Crippen LogP contribution >= 0.6 is 11.6 Å². The molecule has 1 unspecified atom stereocenters. The zero-order chi connectivity index (χ0) is 14.5. The summed E-state index contributed by atoms with van der Waals surface area (Å²) in [5, 5.41) is 0.779. The Morgan fingerprint density at radius 2 is 1.95 bits per heavy atom. The maximum atomic E-state index is 6.33. The van der Waals surface area contributed by atoms with Crippen LogP contribution in [0.1, 0.15) is 18.1 Å². The molecule has 0 aliphatic carbocycles. The van der Waals surface area contributed by atoms with E-state index in [9.17, 15) is 0 Å². The van der Waals surface area contributed by atoms with E-state index in [1.54, 1.807) is 0 Å². The number of nitrogens with zero attached hydrogens (tertiary/aromatic N) is 2. The summed E-state index contributed by atoms with van der Waals surface area (Å²) in [4.78, 5) is 6.23. The quantitative estimate of drug-likeness (QED) is 0.919. The summed E-state index contributed by atoms with van der Waals surface area (Å²) < 4.78 is 0. The second-order valence-corrected chi connectivity index (χ2v) is 5.54. The van der Waals surface area contributed by atoms with Gasteiger partial charge in [0.2, 0.25) is 0 Å². The van der Waals surface area contributed by atoms with Crippen molar-refractivity contribution in [2.75, 3.05) is 11.9 Å². The molecule has 1 heterocycles. The van der Waals surface area contributed by atoms with Gasteiger partial charge in [-0.3, -0.25) is 4.98 Å². The number of hydrogen-bond donors (Lipinski definition) is 1. The highest BCUT2D eigenvalue weighted by molar-refractivity contribution is 6.31. The average Bonchev–Trinajstić information content (AvgIpc) is 2.41. The van der Waals surface area contributed by atoms with E-state index in [1.165, 1.54) is 5.56 Å². The second kappa shape index (κ2) is 6.73. The Labute approximate surface area is 125 Å². The number of benzene rings is 1. The second-order valence-electron chi connectivity index (χ2n) is 5.13. The largest absolute Gasteiger partial charge is 0.370 e. The summed E-state index contributed by atoms with van der Waals surface area (Å²) in [6.07, 6.45) is 4.39. The molecule has 0 saturated carbocycles. The highest BCUT2D eigenvalue weighted by Crippen LogP contribution is 2.28. The lowest BCUT2D eigenvalue weighted by Crippen LogP contribution is -2.22. The normalized spacial score (nSPS) is 12.2. The van der Waals surface area contributed by atoms with E-state index in [2.05, 4.69) is 23.0 Å². The Kier molecular flexibility index (Phi) is 4.99. The number of aromatic nitrogens is 1. The van der Waals surface area contributed by atoms with E-state index in [0.29, 0.717) is 0 Å². The van der Waals surface area contributed by atoms with Gasteiger partial charge in [-0.05, 0) is 48.7 Å². The zero-order valence-electron chi connectivity index (χ0n) is 11.9. The van der Waals surface area contributed by atoms with Crippen molar-refractivity contribution in [3.63, 3.8) is 0 Å². The number of pyridine rings is 1. The fourth-order valence-corrected chi connectivity index (χ4v) is 2.52. The van der Waals surface area contributed by atoms with Crippen LogP contribution in [-0.4, -0.2) is 18.1 Å². The topological polar surface area (TPSA) is 42.1 Å². The summed E-state index contributed by atoms with van der Waals surface area (Å²) in [5.41, 5.74) is 9.39. The van der Waals surface area contributed by atoms with Gasteiger partial charge in [-0.1, -0.05) is 17.7 Å². The number of hydrogen-bond acceptors (Lipinski definition) is 3. The van der Waals surface area contributed by atoms with E-state index in [1.807, 2.05) is 43.6 Å². The fourth-order valence-electron chi connectivity index (χ4n) is 2.28. The van der Waals surface area contributed by atoms with E-state index in [4.69, 9.17) is 17.3 Å². The highest BCUT2D eigenvalue weighted by Gasteiger charge is 2.12. The summed E-state index contributed by atoms with van der Waals surface area (Å²) >= 11 is 6.33. The van der Waals surface area contributed by atoms with Crippen molar-refractivity contribution >= 4 is 17.3 Å². The molecule has 0 spiro atoms. The molecule has 4 heteroatoms. The Morgan fingerprint density at radius 1 is 1.25 bits per heavy atom. The molecule has 1 atom stereocenters. The first-order valence-electron chi connectivity index (χ1n) is 6.71. The number of rotatable bonds is 5. The van der Waals surface area contributed by atoms with Crippen molar-refractivity contribution in [1.29, 1.82) is 0 Å². The minimum atomic E-state index is 0.0861. The number of anilines is 1. The number of nitrogens with two attached hydrogens (primary N) is 1. The molecule has 0 radical (unpaired) electrons. The summed E-state index contributed by atoms with van der Waals surface area (Å²) in [6, 6.07) is 10.1. The first-order valence-corrected chi connectivity index (χ1v) is 7.08. The van der Waals surface area contributed by atoms with Crippen LogP contribution in [0.5, 0.6) is 0 Å². The molecule has 1 aromatic heterocycles. The van der Waals surface area contributed by atoms with Gasteiger partial charge in [0.25, 0.3) is 0 Å². The van der Waals surface area contributed by atoms with Crippen LogP contribution in [0.4, 0.5) is 5.69 Å². The van der Waals surface area contributed by atoms with Crippen LogP contribution < -0.4 is 10.6 Å². The van der Waals surface area contributed by atoms with Crippen LogP contribution in [0.25, 0.3) is 0 Å². The minimum absolute atomic E-state index is 0.0861. The van der Waals surface area contributed by atoms with Crippen LogP contribution in [0.3, 0.4) is 0 Å². The van der Waals surface area contributed by atoms with E-state index in [-0.39, 0.29) is 6.04 Å². The molecule has 2 aromatic rings. The first kappa shape index (κ1) is 14.8. The molecular weight excluding hydrogens is 270 g/mol. The molecule has 0 aliphatic rings. The average molecular weight is 290 g/mol. The lowest BCUT2D eigenvalue weighted by atomic mass is 10.0. The van der Waals surface area contributed by atoms with E-state index < -0.39 is 0 Å². The summed E-state index contributed by atoms with van der Waals surface area (Å²) in [5.74, 6) is 0. The Bertz CT molecular complexity index is 555. The van der Waals surface area contributed by atoms with E-state index in [0.717, 1.165) is 29.2 Å². The molecule has 3 nitrogen and oxygen atoms in total. The van der Waals surface area contributed by atoms with Gasteiger partial charge in [0, 0.05) is 42.7 Å². The van der Waals surface area contributed by atoms with Gasteiger partial charge in [-0.2, -0.15) is 0 Å². The van der Waals surface area contributed by atoms with Crippen LogP contribution in [0.15, 0.2) is 42.7 Å². The first-order chi connectivity index (χ1) is 9.58. The lowest BCUT2D eigenvalue weighted by Gasteiger charge is -2.24. The highest BCUT2D eigenvalue weighted by atomic mass is 35.5. The third kappa shape index (κ3) is 3.71. The summed E-state index contributed by atoms with van der Waals surface area (Å²) in [6.45, 7) is 2.81. The van der Waals surface area contributed by atoms with Gasteiger partial charge >= 0.3 is 0 Å². The van der Waals surface area contributed by atoms with Crippen molar-refractivity contribution < 1.29 is 0 Å². The Hall–Kier alpha value is -1.58. The summed E-state index contributed by atoms with van der Waals surface area (Å²) in [7, 11) is 2.07. The monoisotopic (exact) mass is 289 g/mol. The Balaban J connectivity index is 2.25. The third-order valence-corrected chi connectivity index (χ3v) is 3.55. The molecule has 0 amide bonds. The van der Waals surface area contributed by atoms with E-state index >= 15 is 0 Å². The minimum Gasteiger partial charge on any atom is -0.370 e. The van der Waals surface area contributed by atoms with Gasteiger partial charge < -0.3 is 10.6 Å². The van der Waals surface area contributed by atoms with Crippen molar-refractivity contribution in [2.45, 2.75) is 25.9 Å². The molecule has 2 rings (SSSR count). The van der Waals surface area contributed by atoms with Crippen molar-refractivity contribution in [1.82, 2.24) is 4.98 Å². The van der Waals surface area contributed by atoms with Crippen molar-refractivity contribution in [3.05, 3.63) is 58.9 Å². The van der Waals surface area contributed by atoms with Gasteiger partial charge in [-0.25, -0.2) is 0 Å². The standard InChI is InChI=1S/C16H20ClN3/c1-12(18)10-14-15(17)4-3-5-16(14)20(2)11-13-6-8-19-9-7-13/h3-9,12H,10-11,18H2,1-2H3. The van der Waals surface area contributed by atoms with Gasteiger partial charge in [0.1, 0.15) is 0 Å². The van der Waals surface area contributed by atoms with Gasteiger partial charge in [-0.15, -0.1) is 0 Å². The SMILES string of the molecule is CC(N)Cc1c(Cl)cccc1N(C)Cc1ccncc1. The zero-order valence-corrected chi connectivity index (χ0v) is 12.6. The van der Waals surface area contributed by atoms with Gasteiger partial charge in [0.15, 0.2) is 0 Å². The number of halogens is 1. The molecule has 2 N–H and O–H groups in total. The molecule has 20 heavy (non-hydrogen) atoms. The van der Waals surface area contributed by atoms with Crippen LogP contribution in [-0.2, 0) is 13.0 Å². The molecule has 0 saturated heterocycles. The Morgan fingerprint density at radius 3 is 2.60 bits per heavy atom. The van der Waals surface area contributed by atoms with Crippen LogP contribution in [0, 0.1) is 0 Å². The molecule has 106 valence electrons. The van der Waals surface area contributed by atoms with Crippen molar-refractivity contribution in [2.24, 2.45) is 5.73 Å². The maximum Gasteiger partial charge on any atom is 0.0459 e. The molecule has 0 bridgehead atoms. The van der Waals surface area contributed by atoms with Crippen LogP contribution in [0.2, 0.25) is 5.02 Å². The maximum absolute atomic E-state index is 6.33. The predicted molar refractivity (Wildman–Crippen MR) is 85.1 cm³/mol. The molecular formula is C16H20ClN3.